The van der Waals surface area contributed by atoms with Crippen molar-refractivity contribution < 1.29 is 23.5 Å². The number of hydroxylamine groups is 1. The van der Waals surface area contributed by atoms with E-state index in [0.29, 0.717) is 5.69 Å². The lowest BCUT2D eigenvalue weighted by Gasteiger charge is -2.14. The summed E-state index contributed by atoms with van der Waals surface area (Å²) in [5, 5.41) is 27.8. The van der Waals surface area contributed by atoms with E-state index in [0.717, 1.165) is 16.9 Å². The number of sulfonamides is 1. The van der Waals surface area contributed by atoms with Crippen LogP contribution >= 0.6 is 11.3 Å². The predicted molar refractivity (Wildman–Crippen MR) is 99.1 cm³/mol. The van der Waals surface area contributed by atoms with E-state index in [2.05, 4.69) is 15.0 Å². The van der Waals surface area contributed by atoms with Crippen LogP contribution in [0.15, 0.2) is 52.2 Å². The lowest BCUT2D eigenvalue weighted by atomic mass is 10.1. The molecule has 0 saturated heterocycles. The molecule has 4 N–H and O–H groups in total. The average molecular weight is 423 g/mol. The molecule has 0 fully saturated rings. The Kier molecular flexibility index (Phi) is 6.04. The molecule has 3 aromatic rings. The van der Waals surface area contributed by atoms with E-state index in [4.69, 9.17) is 5.21 Å². The van der Waals surface area contributed by atoms with E-state index in [-0.39, 0.29) is 22.9 Å². The van der Waals surface area contributed by atoms with E-state index in [1.54, 1.807) is 29.1 Å². The number of hydrogen-bond donors (Lipinski definition) is 4. The van der Waals surface area contributed by atoms with Crippen LogP contribution in [0.1, 0.15) is 17.3 Å². The lowest BCUT2D eigenvalue weighted by Crippen LogP contribution is -2.32. The van der Waals surface area contributed by atoms with Crippen molar-refractivity contribution in [3.8, 4) is 5.75 Å². The molecule has 10 nitrogen and oxygen atoms in total. The van der Waals surface area contributed by atoms with Gasteiger partial charge in [0.1, 0.15) is 16.0 Å². The number of hydrogen-bond acceptors (Lipinski definition) is 8. The summed E-state index contributed by atoms with van der Waals surface area (Å²) in [6.45, 7) is -0.104. The number of benzene rings is 1. The van der Waals surface area contributed by atoms with E-state index in [1.807, 2.05) is 0 Å². The average Bonchev–Trinajstić information content (AvgIpc) is 3.38. The van der Waals surface area contributed by atoms with E-state index < -0.39 is 22.0 Å². The van der Waals surface area contributed by atoms with Crippen molar-refractivity contribution in [2.45, 2.75) is 23.2 Å². The molecular weight excluding hydrogens is 406 g/mol. The van der Waals surface area contributed by atoms with Gasteiger partial charge in [-0.1, -0.05) is 23.4 Å². The Balaban J connectivity index is 1.73. The number of aromatic hydroxyl groups is 1. The van der Waals surface area contributed by atoms with Gasteiger partial charge in [-0.2, -0.15) is 0 Å². The molecule has 1 amide bonds. The largest absolute Gasteiger partial charge is 0.508 e. The highest BCUT2D eigenvalue weighted by atomic mass is 32.2. The Morgan fingerprint density at radius 1 is 1.25 bits per heavy atom. The van der Waals surface area contributed by atoms with Crippen molar-refractivity contribution in [3.63, 3.8) is 0 Å². The number of carbonyl (C=O) groups is 1. The van der Waals surface area contributed by atoms with Crippen LogP contribution in [-0.4, -0.2) is 39.6 Å². The molecule has 0 radical (unpaired) electrons. The fraction of sp³-hybridized carbons (Fsp3) is 0.188. The summed E-state index contributed by atoms with van der Waals surface area (Å²) in [5.41, 5.74) is 2.62. The third-order valence-electron chi connectivity index (χ3n) is 3.86. The van der Waals surface area contributed by atoms with Crippen molar-refractivity contribution in [1.82, 2.24) is 25.2 Å². The minimum absolute atomic E-state index is 0.0907. The van der Waals surface area contributed by atoms with Gasteiger partial charge in [0.2, 0.25) is 10.0 Å². The van der Waals surface area contributed by atoms with Crippen molar-refractivity contribution in [2.75, 3.05) is 0 Å². The van der Waals surface area contributed by atoms with Gasteiger partial charge in [-0.25, -0.2) is 23.3 Å². The first-order valence-corrected chi connectivity index (χ1v) is 10.4. The predicted octanol–water partition coefficient (Wildman–Crippen LogP) is 0.813. The minimum atomic E-state index is -3.65. The van der Waals surface area contributed by atoms with Crippen molar-refractivity contribution in [2.24, 2.45) is 0 Å². The van der Waals surface area contributed by atoms with Gasteiger partial charge in [-0.3, -0.25) is 10.0 Å². The molecule has 0 aliphatic carbocycles. The molecular formula is C16H17N5O5S2. The number of phenolic OH excluding ortho intramolecular Hbond substituents is 1. The quantitative estimate of drug-likeness (QED) is 0.310. The van der Waals surface area contributed by atoms with Crippen LogP contribution in [0.2, 0.25) is 0 Å². The van der Waals surface area contributed by atoms with Gasteiger partial charge in [-0.05, 0) is 29.1 Å². The molecule has 1 aromatic carbocycles. The topological polar surface area (TPSA) is 146 Å². The number of nitrogens with zero attached hydrogens (tertiary/aromatic N) is 3. The van der Waals surface area contributed by atoms with Gasteiger partial charge in [-0.15, -0.1) is 16.4 Å². The summed E-state index contributed by atoms with van der Waals surface area (Å²) >= 11 is 1.09. The SMILES string of the molecule is O=C(NO)C(Cc1ccc(O)cc1)n1cc(CNS(=O)(=O)c2cccs2)nn1. The molecule has 0 saturated carbocycles. The summed E-state index contributed by atoms with van der Waals surface area (Å²) in [6.07, 6.45) is 1.60. The normalized spacial score (nSPS) is 12.6. The van der Waals surface area contributed by atoms with Crippen LogP contribution in [0, 0.1) is 0 Å². The first-order chi connectivity index (χ1) is 13.4. The van der Waals surface area contributed by atoms with Crippen LogP contribution in [0.3, 0.4) is 0 Å². The van der Waals surface area contributed by atoms with Crippen LogP contribution in [0.4, 0.5) is 0 Å². The highest BCUT2D eigenvalue weighted by Crippen LogP contribution is 2.18. The Morgan fingerprint density at radius 2 is 2.00 bits per heavy atom. The highest BCUT2D eigenvalue weighted by Gasteiger charge is 2.23. The zero-order valence-electron chi connectivity index (χ0n) is 14.4. The fourth-order valence-corrected chi connectivity index (χ4v) is 4.48. The van der Waals surface area contributed by atoms with Gasteiger partial charge < -0.3 is 5.11 Å². The van der Waals surface area contributed by atoms with Gasteiger partial charge in [0.15, 0.2) is 0 Å². The van der Waals surface area contributed by atoms with E-state index in [9.17, 15) is 18.3 Å². The fourth-order valence-electron chi connectivity index (χ4n) is 2.44. The number of carbonyl (C=O) groups excluding carboxylic acids is 1. The van der Waals surface area contributed by atoms with Crippen LogP contribution in [0.5, 0.6) is 5.75 Å². The van der Waals surface area contributed by atoms with E-state index >= 15 is 0 Å². The number of amides is 1. The molecule has 0 bridgehead atoms. The summed E-state index contributed by atoms with van der Waals surface area (Å²) in [6, 6.07) is 8.45. The highest BCUT2D eigenvalue weighted by molar-refractivity contribution is 7.91. The van der Waals surface area contributed by atoms with E-state index in [1.165, 1.54) is 29.1 Å². The second-order valence-corrected chi connectivity index (χ2v) is 8.75. The third kappa shape index (κ3) is 4.72. The Bertz CT molecular complexity index is 1030. The summed E-state index contributed by atoms with van der Waals surface area (Å²) in [4.78, 5) is 12.1. The standard InChI is InChI=1S/C16H17N5O5S2/c22-13-5-3-11(4-6-13)8-14(16(23)19-24)21-10-12(18-20-21)9-17-28(25,26)15-2-1-7-27-15/h1-7,10,14,17,22,24H,8-9H2,(H,19,23). The Morgan fingerprint density at radius 3 is 2.64 bits per heavy atom. The first-order valence-electron chi connectivity index (χ1n) is 8.05. The minimum Gasteiger partial charge on any atom is -0.508 e. The van der Waals surface area contributed by atoms with Crippen molar-refractivity contribution in [1.29, 1.82) is 0 Å². The number of nitrogens with one attached hydrogen (secondary N) is 2. The van der Waals surface area contributed by atoms with Crippen molar-refractivity contribution >= 4 is 27.3 Å². The smallest absolute Gasteiger partial charge is 0.268 e. The second kappa shape index (κ2) is 8.48. The van der Waals surface area contributed by atoms with Crippen LogP contribution in [0.25, 0.3) is 0 Å². The number of thiophene rings is 1. The van der Waals surface area contributed by atoms with Gasteiger partial charge in [0, 0.05) is 6.42 Å². The summed E-state index contributed by atoms with van der Waals surface area (Å²) in [7, 11) is -3.65. The van der Waals surface area contributed by atoms with Gasteiger partial charge in [0.05, 0.1) is 18.4 Å². The molecule has 0 spiro atoms. The molecule has 0 aliphatic rings. The zero-order valence-corrected chi connectivity index (χ0v) is 16.0. The van der Waals surface area contributed by atoms with Gasteiger partial charge in [0.25, 0.3) is 5.91 Å². The maximum Gasteiger partial charge on any atom is 0.268 e. The monoisotopic (exact) mass is 423 g/mol. The molecule has 1 unspecified atom stereocenters. The lowest BCUT2D eigenvalue weighted by molar-refractivity contribution is -0.133. The molecule has 12 heteroatoms. The van der Waals surface area contributed by atoms with Crippen LogP contribution < -0.4 is 10.2 Å². The van der Waals surface area contributed by atoms with Crippen LogP contribution in [-0.2, 0) is 27.8 Å². The maximum atomic E-state index is 12.2. The van der Waals surface area contributed by atoms with Crippen molar-refractivity contribution in [3.05, 3.63) is 59.2 Å². The third-order valence-corrected chi connectivity index (χ3v) is 6.66. The zero-order chi connectivity index (χ0) is 20.1. The molecule has 2 heterocycles. The first kappa shape index (κ1) is 19.9. The Hall–Kier alpha value is -2.80. The number of aromatic nitrogens is 3. The molecule has 0 aliphatic heterocycles. The molecule has 2 aromatic heterocycles. The number of phenols is 1. The second-order valence-electron chi connectivity index (χ2n) is 5.81. The molecule has 28 heavy (non-hydrogen) atoms. The van der Waals surface area contributed by atoms with Gasteiger partial charge >= 0.3 is 0 Å². The maximum absolute atomic E-state index is 12.2. The molecule has 148 valence electrons. The summed E-state index contributed by atoms with van der Waals surface area (Å²) in [5.74, 6) is -0.614. The number of rotatable bonds is 8. The molecule has 3 rings (SSSR count). The molecule has 1 atom stereocenters. The summed E-state index contributed by atoms with van der Waals surface area (Å²) < 4.78 is 28.2. The Labute approximate surface area is 164 Å².